The van der Waals surface area contributed by atoms with Crippen molar-refractivity contribution in [2.24, 2.45) is 0 Å². The lowest BCUT2D eigenvalue weighted by molar-refractivity contribution is 0.0697. The fraction of sp³-hybridized carbons (Fsp3) is 0. The molecule has 0 aliphatic rings. The minimum atomic E-state index is -1.37. The number of nitrogens with one attached hydrogen (secondary N) is 1. The molecule has 3 aromatic rings. The number of hydrogen-bond donors (Lipinski definition) is 2. The quantitative estimate of drug-likeness (QED) is 0.755. The molecule has 2 N–H and O–H groups in total. The molecule has 0 unspecified atom stereocenters. The van der Waals surface area contributed by atoms with Crippen LogP contribution in [0.3, 0.4) is 0 Å². The number of carbonyl (C=O) groups is 1. The lowest BCUT2D eigenvalue weighted by atomic mass is 10.1. The van der Waals surface area contributed by atoms with Crippen molar-refractivity contribution >= 4 is 28.6 Å². The summed E-state index contributed by atoms with van der Waals surface area (Å²) in [6, 6.07) is 6.30. The number of carboxylic acids is 1. The van der Waals surface area contributed by atoms with Gasteiger partial charge in [-0.2, -0.15) is 0 Å². The Balaban J connectivity index is 2.26. The number of aromatic nitrogens is 2. The summed E-state index contributed by atoms with van der Waals surface area (Å²) in [6.45, 7) is 0. The number of imidazole rings is 1. The Morgan fingerprint density at radius 2 is 1.90 bits per heavy atom. The number of fused-ring (bicyclic) bond motifs is 1. The van der Waals surface area contributed by atoms with Crippen LogP contribution in [0, 0.1) is 11.6 Å². The van der Waals surface area contributed by atoms with Crippen LogP contribution in [-0.4, -0.2) is 21.0 Å². The molecule has 0 aliphatic carbocycles. The molecule has 4 nitrogen and oxygen atoms in total. The predicted octanol–water partition coefficient (Wildman–Crippen LogP) is 3.86. The van der Waals surface area contributed by atoms with E-state index in [4.69, 9.17) is 16.7 Å². The van der Waals surface area contributed by atoms with Crippen LogP contribution < -0.4 is 0 Å². The first-order valence-corrected chi connectivity index (χ1v) is 6.21. The van der Waals surface area contributed by atoms with Crippen LogP contribution in [-0.2, 0) is 0 Å². The Hall–Kier alpha value is -2.47. The maximum absolute atomic E-state index is 13.4. The van der Waals surface area contributed by atoms with Crippen LogP contribution in [0.15, 0.2) is 30.3 Å². The summed E-state index contributed by atoms with van der Waals surface area (Å²) < 4.78 is 26.6. The molecule has 0 bridgehead atoms. The molecule has 0 aliphatic heterocycles. The van der Waals surface area contributed by atoms with Gasteiger partial charge in [0.2, 0.25) is 0 Å². The number of H-pyrrole nitrogens is 1. The average molecular weight is 309 g/mol. The Morgan fingerprint density at radius 3 is 2.62 bits per heavy atom. The third kappa shape index (κ3) is 2.34. The molecule has 7 heteroatoms. The van der Waals surface area contributed by atoms with Crippen molar-refractivity contribution in [2.45, 2.75) is 0 Å². The van der Waals surface area contributed by atoms with E-state index in [1.165, 1.54) is 0 Å². The van der Waals surface area contributed by atoms with Gasteiger partial charge in [0, 0.05) is 10.6 Å². The first kappa shape index (κ1) is 13.5. The molecule has 21 heavy (non-hydrogen) atoms. The third-order valence-electron chi connectivity index (χ3n) is 2.99. The van der Waals surface area contributed by atoms with E-state index in [1.807, 2.05) is 0 Å². The number of benzene rings is 2. The molecule has 1 aromatic heterocycles. The fourth-order valence-electron chi connectivity index (χ4n) is 2.03. The van der Waals surface area contributed by atoms with E-state index in [0.29, 0.717) is 22.1 Å². The molecule has 0 amide bonds. The molecule has 0 saturated carbocycles. The van der Waals surface area contributed by atoms with Gasteiger partial charge in [0.15, 0.2) is 11.6 Å². The van der Waals surface area contributed by atoms with Crippen molar-refractivity contribution < 1.29 is 18.7 Å². The van der Waals surface area contributed by atoms with Gasteiger partial charge in [-0.15, -0.1) is 0 Å². The van der Waals surface area contributed by atoms with E-state index >= 15 is 0 Å². The summed E-state index contributed by atoms with van der Waals surface area (Å²) in [7, 11) is 0. The zero-order valence-electron chi connectivity index (χ0n) is 10.3. The van der Waals surface area contributed by atoms with Gasteiger partial charge in [-0.3, -0.25) is 0 Å². The fourth-order valence-corrected chi connectivity index (χ4v) is 2.20. The highest BCUT2D eigenvalue weighted by Crippen LogP contribution is 2.27. The van der Waals surface area contributed by atoms with Crippen LogP contribution in [0.25, 0.3) is 22.4 Å². The van der Waals surface area contributed by atoms with E-state index in [-0.39, 0.29) is 17.0 Å². The highest BCUT2D eigenvalue weighted by atomic mass is 35.5. The van der Waals surface area contributed by atoms with Crippen LogP contribution >= 0.6 is 11.6 Å². The summed E-state index contributed by atoms with van der Waals surface area (Å²) in [5.74, 6) is -3.62. The lowest BCUT2D eigenvalue weighted by Gasteiger charge is -2.04. The lowest BCUT2D eigenvalue weighted by Crippen LogP contribution is -2.03. The number of halogens is 3. The van der Waals surface area contributed by atoms with Gasteiger partial charge >= 0.3 is 5.97 Å². The zero-order valence-corrected chi connectivity index (χ0v) is 11.1. The molecule has 0 fully saturated rings. The van der Waals surface area contributed by atoms with Crippen molar-refractivity contribution in [1.82, 2.24) is 9.97 Å². The second kappa shape index (κ2) is 4.82. The number of aromatic carboxylic acids is 1. The molecule has 0 saturated heterocycles. The second-order valence-electron chi connectivity index (χ2n) is 4.36. The minimum absolute atomic E-state index is 0.0336. The molecular formula is C14H7ClF2N2O2. The Morgan fingerprint density at radius 1 is 1.19 bits per heavy atom. The first-order valence-electron chi connectivity index (χ1n) is 5.83. The molecule has 1 heterocycles. The van der Waals surface area contributed by atoms with Gasteiger partial charge in [-0.05, 0) is 30.3 Å². The Kier molecular flexibility index (Phi) is 3.10. The van der Waals surface area contributed by atoms with Gasteiger partial charge in [0.1, 0.15) is 5.82 Å². The van der Waals surface area contributed by atoms with Crippen molar-refractivity contribution in [3.8, 4) is 11.4 Å². The molecule has 0 spiro atoms. The largest absolute Gasteiger partial charge is 0.478 e. The predicted molar refractivity (Wildman–Crippen MR) is 73.4 cm³/mol. The van der Waals surface area contributed by atoms with Gasteiger partial charge < -0.3 is 10.1 Å². The third-order valence-corrected chi connectivity index (χ3v) is 3.23. The number of rotatable bonds is 2. The van der Waals surface area contributed by atoms with Crippen LogP contribution in [0.2, 0.25) is 5.02 Å². The minimum Gasteiger partial charge on any atom is -0.478 e. The van der Waals surface area contributed by atoms with E-state index in [2.05, 4.69) is 9.97 Å². The van der Waals surface area contributed by atoms with Crippen LogP contribution in [0.5, 0.6) is 0 Å². The van der Waals surface area contributed by atoms with E-state index < -0.39 is 17.6 Å². The zero-order chi connectivity index (χ0) is 15.1. The molecule has 0 radical (unpaired) electrons. The van der Waals surface area contributed by atoms with Gasteiger partial charge in [-0.25, -0.2) is 18.6 Å². The number of aromatic amines is 1. The summed E-state index contributed by atoms with van der Waals surface area (Å²) in [5.41, 5.74) is 0.696. The molecule has 3 rings (SSSR count). The molecular weight excluding hydrogens is 302 g/mol. The van der Waals surface area contributed by atoms with Crippen molar-refractivity contribution in [3.05, 3.63) is 52.6 Å². The highest BCUT2D eigenvalue weighted by molar-refractivity contribution is 6.31. The average Bonchev–Trinajstić information content (AvgIpc) is 2.83. The first-order chi connectivity index (χ1) is 9.95. The number of carboxylic acid groups (broad SMARTS) is 1. The van der Waals surface area contributed by atoms with Gasteiger partial charge in [0.05, 0.1) is 16.6 Å². The SMILES string of the molecule is O=C(O)c1cc(F)c(F)cc1-c1nc2ccc(Cl)cc2[nH]1. The summed E-state index contributed by atoms with van der Waals surface area (Å²) in [4.78, 5) is 18.2. The number of nitrogens with zero attached hydrogens (tertiary/aromatic N) is 1. The van der Waals surface area contributed by atoms with Crippen molar-refractivity contribution in [1.29, 1.82) is 0 Å². The maximum atomic E-state index is 13.4. The monoisotopic (exact) mass is 308 g/mol. The maximum Gasteiger partial charge on any atom is 0.336 e. The molecule has 0 atom stereocenters. The van der Waals surface area contributed by atoms with Gasteiger partial charge in [0.25, 0.3) is 0 Å². The topological polar surface area (TPSA) is 66.0 Å². The molecule has 106 valence electrons. The van der Waals surface area contributed by atoms with E-state index in [1.54, 1.807) is 18.2 Å². The van der Waals surface area contributed by atoms with Crippen molar-refractivity contribution in [3.63, 3.8) is 0 Å². The summed E-state index contributed by atoms with van der Waals surface area (Å²) in [5, 5.41) is 9.58. The van der Waals surface area contributed by atoms with Crippen molar-refractivity contribution in [2.75, 3.05) is 0 Å². The Bertz CT molecular complexity index is 877. The van der Waals surface area contributed by atoms with E-state index in [9.17, 15) is 13.6 Å². The van der Waals surface area contributed by atoms with Crippen LogP contribution in [0.1, 0.15) is 10.4 Å². The van der Waals surface area contributed by atoms with Gasteiger partial charge in [-0.1, -0.05) is 11.6 Å². The number of hydrogen-bond acceptors (Lipinski definition) is 2. The second-order valence-corrected chi connectivity index (χ2v) is 4.80. The standard InChI is InChI=1S/C14H7ClF2N2O2/c15-6-1-2-11-12(3-6)19-13(18-11)7-4-9(16)10(17)5-8(7)14(20)21/h1-5H,(H,18,19)(H,20,21). The van der Waals surface area contributed by atoms with Crippen LogP contribution in [0.4, 0.5) is 8.78 Å². The summed E-state index contributed by atoms with van der Waals surface area (Å²) in [6.07, 6.45) is 0. The summed E-state index contributed by atoms with van der Waals surface area (Å²) >= 11 is 5.85. The van der Waals surface area contributed by atoms with E-state index in [0.717, 1.165) is 6.07 Å². The normalized spacial score (nSPS) is 11.0. The smallest absolute Gasteiger partial charge is 0.336 e. The highest BCUT2D eigenvalue weighted by Gasteiger charge is 2.19. The Labute approximate surface area is 122 Å². The molecule has 2 aromatic carbocycles.